The zero-order valence-electron chi connectivity index (χ0n) is 18.3. The molecule has 0 aliphatic carbocycles. The summed E-state index contributed by atoms with van der Waals surface area (Å²) in [6.07, 6.45) is 2.08. The highest BCUT2D eigenvalue weighted by Crippen LogP contribution is 2.28. The number of amides is 2. The van der Waals surface area contributed by atoms with Crippen molar-refractivity contribution in [1.82, 2.24) is 10.2 Å². The maximum atomic E-state index is 13.2. The number of carbonyl (C=O) groups excluding carboxylic acids is 2. The molecule has 0 radical (unpaired) electrons. The second kappa shape index (κ2) is 11.9. The lowest BCUT2D eigenvalue weighted by atomic mass is 10.1. The number of rotatable bonds is 11. The highest BCUT2D eigenvalue weighted by Gasteiger charge is 2.26. The first kappa shape index (κ1) is 23.3. The third-order valence-corrected chi connectivity index (χ3v) is 5.00. The average molecular weight is 413 g/mol. The molecule has 0 saturated carbocycles. The zero-order valence-corrected chi connectivity index (χ0v) is 18.3. The van der Waals surface area contributed by atoms with Gasteiger partial charge in [-0.05, 0) is 36.6 Å². The Morgan fingerprint density at radius 1 is 1.00 bits per heavy atom. The Hall–Kier alpha value is -3.02. The van der Waals surface area contributed by atoms with E-state index in [-0.39, 0.29) is 18.2 Å². The van der Waals surface area contributed by atoms with E-state index in [9.17, 15) is 9.59 Å². The van der Waals surface area contributed by atoms with Gasteiger partial charge in [-0.2, -0.15) is 0 Å². The summed E-state index contributed by atoms with van der Waals surface area (Å²) < 4.78 is 10.6. The fourth-order valence-corrected chi connectivity index (χ4v) is 3.17. The first-order valence-electron chi connectivity index (χ1n) is 10.3. The molecule has 0 aliphatic rings. The highest BCUT2D eigenvalue weighted by atomic mass is 16.5. The number of methoxy groups -OCH3 is 2. The van der Waals surface area contributed by atoms with Gasteiger partial charge in [-0.1, -0.05) is 49.7 Å². The molecule has 0 heterocycles. The Balaban J connectivity index is 2.20. The van der Waals surface area contributed by atoms with Crippen LogP contribution in [0, 0.1) is 0 Å². The Kier molecular flexibility index (Phi) is 9.19. The summed E-state index contributed by atoms with van der Waals surface area (Å²) in [6, 6.07) is 14.5. The van der Waals surface area contributed by atoms with Gasteiger partial charge in [0.25, 0.3) is 0 Å². The molecule has 0 aromatic heterocycles. The molecular weight excluding hydrogens is 380 g/mol. The summed E-state index contributed by atoms with van der Waals surface area (Å²) in [4.78, 5) is 27.5. The Morgan fingerprint density at radius 2 is 1.70 bits per heavy atom. The van der Waals surface area contributed by atoms with Gasteiger partial charge in [0, 0.05) is 13.1 Å². The Morgan fingerprint density at radius 3 is 2.33 bits per heavy atom. The molecule has 0 aliphatic heterocycles. The normalized spacial score (nSPS) is 11.5. The number of ether oxygens (including phenoxy) is 2. The minimum Gasteiger partial charge on any atom is -0.493 e. The zero-order chi connectivity index (χ0) is 21.9. The van der Waals surface area contributed by atoms with Gasteiger partial charge < -0.3 is 19.7 Å². The van der Waals surface area contributed by atoms with E-state index in [4.69, 9.17) is 9.47 Å². The van der Waals surface area contributed by atoms with Crippen LogP contribution in [0.2, 0.25) is 0 Å². The molecule has 0 bridgehead atoms. The van der Waals surface area contributed by atoms with E-state index in [2.05, 4.69) is 12.2 Å². The van der Waals surface area contributed by atoms with E-state index in [0.29, 0.717) is 24.6 Å². The number of nitrogens with one attached hydrogen (secondary N) is 1. The van der Waals surface area contributed by atoms with Crippen molar-refractivity contribution >= 4 is 11.8 Å². The van der Waals surface area contributed by atoms with Crippen molar-refractivity contribution in [3.8, 4) is 11.5 Å². The van der Waals surface area contributed by atoms with Crippen LogP contribution in [0.3, 0.4) is 0 Å². The topological polar surface area (TPSA) is 67.9 Å². The van der Waals surface area contributed by atoms with Crippen molar-refractivity contribution in [1.29, 1.82) is 0 Å². The second-order valence-corrected chi connectivity index (χ2v) is 7.19. The number of benzene rings is 2. The summed E-state index contributed by atoms with van der Waals surface area (Å²) in [5.74, 6) is 0.922. The second-order valence-electron chi connectivity index (χ2n) is 7.19. The molecule has 1 atom stereocenters. The van der Waals surface area contributed by atoms with E-state index in [1.165, 1.54) is 0 Å². The monoisotopic (exact) mass is 412 g/mol. The van der Waals surface area contributed by atoms with Gasteiger partial charge in [0.15, 0.2) is 11.5 Å². The van der Waals surface area contributed by atoms with Crippen LogP contribution >= 0.6 is 0 Å². The third kappa shape index (κ3) is 6.51. The van der Waals surface area contributed by atoms with E-state index >= 15 is 0 Å². The van der Waals surface area contributed by atoms with Crippen molar-refractivity contribution in [2.24, 2.45) is 0 Å². The van der Waals surface area contributed by atoms with E-state index < -0.39 is 6.04 Å². The molecule has 162 valence electrons. The lowest BCUT2D eigenvalue weighted by Gasteiger charge is -2.29. The number of unbranched alkanes of at least 4 members (excludes halogenated alkanes) is 1. The van der Waals surface area contributed by atoms with Crippen LogP contribution in [-0.2, 0) is 22.6 Å². The van der Waals surface area contributed by atoms with Gasteiger partial charge in [-0.15, -0.1) is 0 Å². The SMILES string of the molecule is CCCCNC(=O)[C@@H](C)N(Cc1ccccc1)C(=O)Cc1ccc(OC)c(OC)c1. The number of hydrogen-bond donors (Lipinski definition) is 1. The van der Waals surface area contributed by atoms with Gasteiger partial charge in [-0.25, -0.2) is 0 Å². The minimum atomic E-state index is -0.574. The quantitative estimate of drug-likeness (QED) is 0.573. The van der Waals surface area contributed by atoms with Crippen molar-refractivity contribution < 1.29 is 19.1 Å². The van der Waals surface area contributed by atoms with E-state index in [1.54, 1.807) is 38.2 Å². The third-order valence-electron chi connectivity index (χ3n) is 5.00. The van der Waals surface area contributed by atoms with Crippen LogP contribution in [-0.4, -0.2) is 43.5 Å². The van der Waals surface area contributed by atoms with Crippen LogP contribution in [0.15, 0.2) is 48.5 Å². The molecule has 6 heteroatoms. The standard InChI is InChI=1S/C24H32N2O4/c1-5-6-14-25-24(28)18(2)26(17-19-10-8-7-9-11-19)23(27)16-20-12-13-21(29-3)22(15-20)30-4/h7-13,15,18H,5-6,14,16-17H2,1-4H3,(H,25,28)/t18-/m1/s1. The van der Waals surface area contributed by atoms with Crippen LogP contribution in [0.25, 0.3) is 0 Å². The summed E-state index contributed by atoms with van der Waals surface area (Å²) >= 11 is 0. The fraction of sp³-hybridized carbons (Fsp3) is 0.417. The van der Waals surface area contributed by atoms with Gasteiger partial charge in [-0.3, -0.25) is 9.59 Å². The van der Waals surface area contributed by atoms with E-state index in [1.807, 2.05) is 36.4 Å². The summed E-state index contributed by atoms with van der Waals surface area (Å²) in [7, 11) is 3.14. The molecule has 2 aromatic carbocycles. The molecule has 0 fully saturated rings. The maximum Gasteiger partial charge on any atom is 0.242 e. The number of nitrogens with zero attached hydrogens (tertiary/aromatic N) is 1. The van der Waals surface area contributed by atoms with Crippen molar-refractivity contribution in [2.45, 2.75) is 45.7 Å². The lowest BCUT2D eigenvalue weighted by molar-refractivity contribution is -0.140. The van der Waals surface area contributed by atoms with Gasteiger partial charge >= 0.3 is 0 Å². The molecule has 6 nitrogen and oxygen atoms in total. The van der Waals surface area contributed by atoms with Crippen molar-refractivity contribution in [3.05, 3.63) is 59.7 Å². The van der Waals surface area contributed by atoms with Gasteiger partial charge in [0.2, 0.25) is 11.8 Å². The molecule has 30 heavy (non-hydrogen) atoms. The molecule has 2 amide bonds. The van der Waals surface area contributed by atoms with Crippen LogP contribution in [0.4, 0.5) is 0 Å². The number of hydrogen-bond acceptors (Lipinski definition) is 4. The van der Waals surface area contributed by atoms with E-state index in [0.717, 1.165) is 24.0 Å². The first-order valence-corrected chi connectivity index (χ1v) is 10.3. The highest BCUT2D eigenvalue weighted by molar-refractivity contribution is 5.88. The molecule has 1 N–H and O–H groups in total. The summed E-state index contributed by atoms with van der Waals surface area (Å²) in [5.41, 5.74) is 1.78. The molecule has 0 unspecified atom stereocenters. The first-order chi connectivity index (χ1) is 14.5. The van der Waals surface area contributed by atoms with Crippen LogP contribution in [0.1, 0.15) is 37.8 Å². The predicted molar refractivity (Wildman–Crippen MR) is 118 cm³/mol. The molecule has 2 aromatic rings. The van der Waals surface area contributed by atoms with Gasteiger partial charge in [0.1, 0.15) is 6.04 Å². The van der Waals surface area contributed by atoms with Crippen LogP contribution < -0.4 is 14.8 Å². The summed E-state index contributed by atoms with van der Waals surface area (Å²) in [5, 5.41) is 2.93. The molecular formula is C24H32N2O4. The Labute approximate surface area is 179 Å². The number of carbonyl (C=O) groups is 2. The van der Waals surface area contributed by atoms with Crippen molar-refractivity contribution in [2.75, 3.05) is 20.8 Å². The fourth-order valence-electron chi connectivity index (χ4n) is 3.17. The minimum absolute atomic E-state index is 0.121. The van der Waals surface area contributed by atoms with Crippen LogP contribution in [0.5, 0.6) is 11.5 Å². The largest absolute Gasteiger partial charge is 0.493 e. The molecule has 0 spiro atoms. The average Bonchev–Trinajstić information content (AvgIpc) is 2.77. The maximum absolute atomic E-state index is 13.2. The smallest absolute Gasteiger partial charge is 0.242 e. The molecule has 2 rings (SSSR count). The molecule has 0 saturated heterocycles. The Bertz CT molecular complexity index is 823. The predicted octanol–water partition coefficient (Wildman–Crippen LogP) is 3.58. The lowest BCUT2D eigenvalue weighted by Crippen LogP contribution is -2.48. The van der Waals surface area contributed by atoms with Gasteiger partial charge in [0.05, 0.1) is 20.6 Å². The van der Waals surface area contributed by atoms with Crippen molar-refractivity contribution in [3.63, 3.8) is 0 Å². The summed E-state index contributed by atoms with van der Waals surface area (Å²) in [6.45, 7) is 4.83.